The van der Waals surface area contributed by atoms with Crippen LogP contribution in [0.15, 0.2) is 0 Å². The highest BCUT2D eigenvalue weighted by Gasteiger charge is 2.29. The highest BCUT2D eigenvalue weighted by molar-refractivity contribution is 5.74. The molecule has 0 saturated carbocycles. The summed E-state index contributed by atoms with van der Waals surface area (Å²) in [6, 6.07) is 0.0741. The van der Waals surface area contributed by atoms with E-state index in [1.165, 1.54) is 83.5 Å². The van der Waals surface area contributed by atoms with Crippen molar-refractivity contribution in [3.63, 3.8) is 0 Å². The van der Waals surface area contributed by atoms with Crippen LogP contribution in [0, 0.1) is 15.3 Å². The first kappa shape index (κ1) is 33.8. The Morgan fingerprint density at radius 2 is 1.15 bits per heavy atom. The molecule has 8 heteroatoms. The van der Waals surface area contributed by atoms with Crippen LogP contribution in [0.25, 0.3) is 0 Å². The number of nitrogens with one attached hydrogen (secondary N) is 1. The molecule has 0 heterocycles. The standard InChI is InChI=1S/C25H52N2O2.NO3/c1-5-7-8-9-10-11-12-13-14-15-16-17-18-19-20-22-25(29)26-27(3,4)24(23-28)21-6-2;2-1(3)4/h24,28H,5-23H2,1-4H3;/q;-1/p+1. The average Bonchev–Trinajstić information content (AvgIpc) is 2.73. The van der Waals surface area contributed by atoms with Crippen molar-refractivity contribution in [1.29, 1.82) is 0 Å². The average molecular weight is 476 g/mol. The zero-order valence-electron chi connectivity index (χ0n) is 22.0. The zero-order valence-corrected chi connectivity index (χ0v) is 22.0. The minimum Gasteiger partial charge on any atom is -0.390 e. The van der Waals surface area contributed by atoms with Crippen LogP contribution in [0.3, 0.4) is 0 Å². The third-order valence-electron chi connectivity index (χ3n) is 6.17. The molecule has 0 radical (unpaired) electrons. The monoisotopic (exact) mass is 475 g/mol. The van der Waals surface area contributed by atoms with Crippen LogP contribution in [0.2, 0.25) is 0 Å². The van der Waals surface area contributed by atoms with Crippen LogP contribution in [0.1, 0.15) is 129 Å². The molecular formula is C25H53N3O5. The molecule has 0 aromatic carbocycles. The number of unbranched alkanes of at least 4 members (excludes halogenated alkanes) is 14. The van der Waals surface area contributed by atoms with Gasteiger partial charge >= 0.3 is 0 Å². The molecule has 8 nitrogen and oxygen atoms in total. The van der Waals surface area contributed by atoms with E-state index < -0.39 is 5.09 Å². The first-order valence-corrected chi connectivity index (χ1v) is 13.3. The first-order valence-electron chi connectivity index (χ1n) is 13.3. The molecule has 2 N–H and O–H groups in total. The Kier molecular flexibility index (Phi) is 24.3. The molecule has 0 aromatic rings. The number of quaternary nitrogens is 1. The van der Waals surface area contributed by atoms with Crippen LogP contribution < -0.4 is 5.43 Å². The summed E-state index contributed by atoms with van der Waals surface area (Å²) in [5.41, 5.74) is 3.08. The Hall–Kier alpha value is -1.41. The summed E-state index contributed by atoms with van der Waals surface area (Å²) in [6.45, 7) is 4.50. The van der Waals surface area contributed by atoms with Gasteiger partial charge in [0.05, 0.1) is 25.8 Å². The van der Waals surface area contributed by atoms with Gasteiger partial charge in [-0.3, -0.25) is 4.79 Å². The molecule has 1 unspecified atom stereocenters. The predicted molar refractivity (Wildman–Crippen MR) is 136 cm³/mol. The van der Waals surface area contributed by atoms with E-state index in [1.807, 2.05) is 14.1 Å². The van der Waals surface area contributed by atoms with E-state index in [9.17, 15) is 9.90 Å². The maximum atomic E-state index is 12.2. The van der Waals surface area contributed by atoms with E-state index >= 15 is 0 Å². The van der Waals surface area contributed by atoms with Crippen molar-refractivity contribution in [3.8, 4) is 0 Å². The number of aliphatic hydroxyl groups is 1. The van der Waals surface area contributed by atoms with Gasteiger partial charge in [-0.1, -0.05) is 110 Å². The number of aliphatic hydroxyl groups excluding tert-OH is 1. The third-order valence-corrected chi connectivity index (χ3v) is 6.17. The van der Waals surface area contributed by atoms with Gasteiger partial charge in [0, 0.05) is 12.8 Å². The molecule has 1 atom stereocenters. The van der Waals surface area contributed by atoms with Crippen LogP contribution in [0.4, 0.5) is 0 Å². The van der Waals surface area contributed by atoms with Gasteiger partial charge in [-0.15, -0.1) is 0 Å². The second kappa shape index (κ2) is 23.7. The molecule has 0 aromatic heterocycles. The molecule has 0 bridgehead atoms. The lowest BCUT2D eigenvalue weighted by Gasteiger charge is -2.36. The van der Waals surface area contributed by atoms with E-state index in [2.05, 4.69) is 19.3 Å². The summed E-state index contributed by atoms with van der Waals surface area (Å²) in [4.78, 5) is 20.5. The van der Waals surface area contributed by atoms with Gasteiger partial charge in [0.1, 0.15) is 6.04 Å². The van der Waals surface area contributed by atoms with Gasteiger partial charge in [-0.25, -0.2) is 10.0 Å². The summed E-state index contributed by atoms with van der Waals surface area (Å²) < 4.78 is 0.377. The Morgan fingerprint density at radius 1 is 0.788 bits per heavy atom. The summed E-state index contributed by atoms with van der Waals surface area (Å²) in [5, 5.41) is 24.3. The van der Waals surface area contributed by atoms with Gasteiger partial charge in [0.25, 0.3) is 5.91 Å². The van der Waals surface area contributed by atoms with Crippen LogP contribution >= 0.6 is 0 Å². The normalized spacial score (nSPS) is 12.0. The predicted octanol–water partition coefficient (Wildman–Crippen LogP) is 6.28. The molecule has 0 saturated heterocycles. The second-order valence-corrected chi connectivity index (χ2v) is 9.62. The molecule has 0 rings (SSSR count). The second-order valence-electron chi connectivity index (χ2n) is 9.62. The Labute approximate surface area is 202 Å². The van der Waals surface area contributed by atoms with Crippen molar-refractivity contribution in [2.24, 2.45) is 0 Å². The third kappa shape index (κ3) is 25.1. The lowest BCUT2D eigenvalue weighted by atomic mass is 10.0. The molecule has 198 valence electrons. The Morgan fingerprint density at radius 3 is 1.48 bits per heavy atom. The largest absolute Gasteiger partial charge is 0.390 e. The minimum absolute atomic E-state index is 0.0741. The molecule has 0 fully saturated rings. The van der Waals surface area contributed by atoms with E-state index in [-0.39, 0.29) is 18.6 Å². The van der Waals surface area contributed by atoms with Crippen LogP contribution in [-0.2, 0) is 4.79 Å². The number of hydrogen-bond acceptors (Lipinski definition) is 5. The molecular weight excluding hydrogens is 422 g/mol. The van der Waals surface area contributed by atoms with E-state index in [0.29, 0.717) is 11.0 Å². The van der Waals surface area contributed by atoms with Crippen molar-refractivity contribution in [2.45, 2.75) is 135 Å². The minimum atomic E-state index is -1.75. The summed E-state index contributed by atoms with van der Waals surface area (Å²) in [5.74, 6) is 0.110. The molecule has 0 aliphatic rings. The zero-order chi connectivity index (χ0) is 25.4. The van der Waals surface area contributed by atoms with Crippen molar-refractivity contribution in [1.82, 2.24) is 5.43 Å². The maximum absolute atomic E-state index is 12.2. The molecule has 0 aliphatic carbocycles. The van der Waals surface area contributed by atoms with E-state index in [0.717, 1.165) is 25.7 Å². The topological polar surface area (TPSA) is 116 Å². The first-order chi connectivity index (χ1) is 15.7. The molecule has 33 heavy (non-hydrogen) atoms. The van der Waals surface area contributed by atoms with Gasteiger partial charge in [0.15, 0.2) is 0 Å². The van der Waals surface area contributed by atoms with Crippen LogP contribution in [-0.4, -0.2) is 47.4 Å². The summed E-state index contributed by atoms with van der Waals surface area (Å²) in [7, 11) is 3.95. The van der Waals surface area contributed by atoms with Gasteiger partial charge < -0.3 is 20.4 Å². The number of hydrogen-bond donors (Lipinski definition) is 2. The van der Waals surface area contributed by atoms with Crippen LogP contribution in [0.5, 0.6) is 0 Å². The van der Waals surface area contributed by atoms with E-state index in [1.54, 1.807) is 0 Å². The number of carbonyl (C=O) groups is 1. The number of carbonyl (C=O) groups excluding carboxylic acids is 1. The number of amides is 1. The van der Waals surface area contributed by atoms with Gasteiger partial charge in [0.2, 0.25) is 0 Å². The fraction of sp³-hybridized carbons (Fsp3) is 0.960. The molecule has 0 aliphatic heterocycles. The summed E-state index contributed by atoms with van der Waals surface area (Å²) >= 11 is 0. The maximum Gasteiger partial charge on any atom is 0.264 e. The fourth-order valence-electron chi connectivity index (χ4n) is 4.08. The fourth-order valence-corrected chi connectivity index (χ4v) is 4.08. The SMILES string of the molecule is CCCCCCCCCCCCCCCCCC(=O)N[N+](C)(C)C(CO)CCC.O=[N+]([O-])[O-]. The quantitative estimate of drug-likeness (QED) is 0.0877. The smallest absolute Gasteiger partial charge is 0.264 e. The van der Waals surface area contributed by atoms with Crippen molar-refractivity contribution in [3.05, 3.63) is 15.3 Å². The Bertz CT molecular complexity index is 457. The molecule has 1 amide bonds. The number of likely N-dealkylation sites (N-methyl/N-ethyl adjacent to an activating group) is 1. The number of rotatable bonds is 21. The highest BCUT2D eigenvalue weighted by Crippen LogP contribution is 2.14. The van der Waals surface area contributed by atoms with Crippen molar-refractivity contribution >= 4 is 5.91 Å². The number of nitrogens with zero attached hydrogens (tertiary/aromatic N) is 2. The van der Waals surface area contributed by atoms with Crippen molar-refractivity contribution in [2.75, 3.05) is 20.7 Å². The highest BCUT2D eigenvalue weighted by atomic mass is 16.9. The lowest BCUT2D eigenvalue weighted by molar-refractivity contribution is -0.949. The van der Waals surface area contributed by atoms with Gasteiger partial charge in [-0.05, 0) is 6.42 Å². The molecule has 0 spiro atoms. The van der Waals surface area contributed by atoms with E-state index in [4.69, 9.17) is 15.3 Å². The lowest BCUT2D eigenvalue weighted by Crippen LogP contribution is -2.61. The summed E-state index contributed by atoms with van der Waals surface area (Å²) in [6.07, 6.45) is 22.6. The van der Waals surface area contributed by atoms with Crippen molar-refractivity contribution < 1.29 is 19.6 Å². The Balaban J connectivity index is 0. The van der Waals surface area contributed by atoms with Gasteiger partial charge in [-0.2, -0.15) is 0 Å².